The Labute approximate surface area is 107 Å². The molecule has 1 N–H and O–H groups in total. The molecule has 1 saturated heterocycles. The number of nitrogens with one attached hydrogen (secondary N) is 1. The highest BCUT2D eigenvalue weighted by Crippen LogP contribution is 2.24. The molecule has 1 heterocycles. The summed E-state index contributed by atoms with van der Waals surface area (Å²) in [6.45, 7) is 10.9. The zero-order valence-electron chi connectivity index (χ0n) is 11.9. The Bertz CT molecular complexity index is 221. The van der Waals surface area contributed by atoms with Crippen LogP contribution in [0.25, 0.3) is 0 Å². The zero-order chi connectivity index (χ0) is 12.3. The van der Waals surface area contributed by atoms with Gasteiger partial charge in [0, 0.05) is 31.7 Å². The first-order valence-electron chi connectivity index (χ1n) is 7.62. The van der Waals surface area contributed by atoms with Crippen molar-refractivity contribution in [2.75, 3.05) is 19.6 Å². The molecule has 1 saturated carbocycles. The van der Waals surface area contributed by atoms with Gasteiger partial charge in [0.25, 0.3) is 0 Å². The lowest BCUT2D eigenvalue weighted by Crippen LogP contribution is -2.39. The van der Waals surface area contributed by atoms with Gasteiger partial charge in [-0.1, -0.05) is 13.8 Å². The van der Waals surface area contributed by atoms with Gasteiger partial charge in [0.1, 0.15) is 0 Å². The lowest BCUT2D eigenvalue weighted by molar-refractivity contribution is 0.246. The average molecular weight is 238 g/mol. The third-order valence-corrected chi connectivity index (χ3v) is 4.76. The van der Waals surface area contributed by atoms with E-state index in [1.54, 1.807) is 0 Å². The van der Waals surface area contributed by atoms with Crippen LogP contribution < -0.4 is 5.32 Å². The first kappa shape index (κ1) is 13.4. The van der Waals surface area contributed by atoms with Gasteiger partial charge in [0.15, 0.2) is 0 Å². The summed E-state index contributed by atoms with van der Waals surface area (Å²) >= 11 is 0. The van der Waals surface area contributed by atoms with Gasteiger partial charge >= 0.3 is 0 Å². The highest BCUT2D eigenvalue weighted by atomic mass is 15.2. The molecule has 0 amide bonds. The number of hydrogen-bond acceptors (Lipinski definition) is 2. The standard InChI is InChI=1S/C15H30N2/c1-12-4-6-15(7-5-12)16-8-9-17-11-13(2)10-14(17)3/h12-16H,4-11H2,1-3H3. The van der Waals surface area contributed by atoms with Gasteiger partial charge < -0.3 is 5.32 Å². The van der Waals surface area contributed by atoms with Crippen LogP contribution in [0.1, 0.15) is 52.9 Å². The summed E-state index contributed by atoms with van der Waals surface area (Å²) in [5.74, 6) is 1.87. The molecule has 2 aliphatic rings. The third kappa shape index (κ3) is 3.96. The van der Waals surface area contributed by atoms with Crippen molar-refractivity contribution in [2.45, 2.75) is 65.0 Å². The predicted octanol–water partition coefficient (Wildman–Crippen LogP) is 2.89. The van der Waals surface area contributed by atoms with Gasteiger partial charge in [-0.25, -0.2) is 0 Å². The van der Waals surface area contributed by atoms with E-state index in [2.05, 4.69) is 31.0 Å². The summed E-state index contributed by atoms with van der Waals surface area (Å²) < 4.78 is 0. The fourth-order valence-electron chi connectivity index (χ4n) is 3.57. The molecule has 2 heteroatoms. The topological polar surface area (TPSA) is 15.3 Å². The molecule has 2 rings (SSSR count). The van der Waals surface area contributed by atoms with E-state index in [-0.39, 0.29) is 0 Å². The van der Waals surface area contributed by atoms with Crippen LogP contribution in [0.2, 0.25) is 0 Å². The molecule has 2 unspecified atom stereocenters. The molecular formula is C15H30N2. The SMILES string of the molecule is CC1CCC(NCCN2CC(C)CC2C)CC1. The normalized spacial score (nSPS) is 39.7. The largest absolute Gasteiger partial charge is 0.313 e. The van der Waals surface area contributed by atoms with Crippen molar-refractivity contribution < 1.29 is 0 Å². The van der Waals surface area contributed by atoms with Gasteiger partial charge in [-0.05, 0) is 50.9 Å². The van der Waals surface area contributed by atoms with E-state index in [4.69, 9.17) is 0 Å². The Balaban J connectivity index is 1.60. The van der Waals surface area contributed by atoms with Crippen LogP contribution in [0.4, 0.5) is 0 Å². The summed E-state index contributed by atoms with van der Waals surface area (Å²) in [5, 5.41) is 3.76. The van der Waals surface area contributed by atoms with E-state index < -0.39 is 0 Å². The Morgan fingerprint density at radius 3 is 2.29 bits per heavy atom. The van der Waals surface area contributed by atoms with Crippen LogP contribution in [0, 0.1) is 11.8 Å². The Morgan fingerprint density at radius 2 is 1.71 bits per heavy atom. The van der Waals surface area contributed by atoms with Crippen LogP contribution >= 0.6 is 0 Å². The summed E-state index contributed by atoms with van der Waals surface area (Å²) in [7, 11) is 0. The molecule has 0 aromatic rings. The third-order valence-electron chi connectivity index (χ3n) is 4.76. The van der Waals surface area contributed by atoms with Gasteiger partial charge in [0.2, 0.25) is 0 Å². The molecule has 1 aliphatic heterocycles. The predicted molar refractivity (Wildman–Crippen MR) is 74.2 cm³/mol. The van der Waals surface area contributed by atoms with Gasteiger partial charge in [-0.2, -0.15) is 0 Å². The second kappa shape index (κ2) is 6.19. The molecular weight excluding hydrogens is 208 g/mol. The summed E-state index contributed by atoms with van der Waals surface area (Å²) in [5.41, 5.74) is 0. The molecule has 0 aromatic heterocycles. The molecule has 0 bridgehead atoms. The van der Waals surface area contributed by atoms with E-state index in [0.29, 0.717) is 0 Å². The zero-order valence-corrected chi connectivity index (χ0v) is 11.9. The van der Waals surface area contributed by atoms with Crippen molar-refractivity contribution in [2.24, 2.45) is 11.8 Å². The smallest absolute Gasteiger partial charge is 0.0110 e. The van der Waals surface area contributed by atoms with E-state index in [0.717, 1.165) is 23.9 Å². The summed E-state index contributed by atoms with van der Waals surface area (Å²) in [6, 6.07) is 1.61. The van der Waals surface area contributed by atoms with E-state index in [1.165, 1.54) is 51.7 Å². The second-order valence-corrected chi connectivity index (χ2v) is 6.60. The van der Waals surface area contributed by atoms with Crippen LogP contribution in [0.5, 0.6) is 0 Å². The Morgan fingerprint density at radius 1 is 1.00 bits per heavy atom. The molecule has 2 fully saturated rings. The first-order valence-corrected chi connectivity index (χ1v) is 7.62. The van der Waals surface area contributed by atoms with Crippen LogP contribution in [0.15, 0.2) is 0 Å². The first-order chi connectivity index (χ1) is 8.15. The van der Waals surface area contributed by atoms with E-state index in [9.17, 15) is 0 Å². The molecule has 1 aliphatic carbocycles. The van der Waals surface area contributed by atoms with Crippen molar-refractivity contribution in [1.82, 2.24) is 10.2 Å². The highest BCUT2D eigenvalue weighted by molar-refractivity contribution is 4.81. The van der Waals surface area contributed by atoms with Crippen LogP contribution in [-0.4, -0.2) is 36.6 Å². The molecule has 0 spiro atoms. The van der Waals surface area contributed by atoms with Crippen molar-refractivity contribution in [3.63, 3.8) is 0 Å². The van der Waals surface area contributed by atoms with Gasteiger partial charge in [-0.15, -0.1) is 0 Å². The Kier molecular flexibility index (Phi) is 4.87. The number of nitrogens with zero attached hydrogens (tertiary/aromatic N) is 1. The molecule has 2 atom stereocenters. The molecule has 2 nitrogen and oxygen atoms in total. The minimum Gasteiger partial charge on any atom is -0.313 e. The van der Waals surface area contributed by atoms with E-state index in [1.807, 2.05) is 0 Å². The maximum atomic E-state index is 3.76. The van der Waals surface area contributed by atoms with Crippen LogP contribution in [-0.2, 0) is 0 Å². The lowest BCUT2D eigenvalue weighted by Gasteiger charge is -2.28. The number of hydrogen-bond donors (Lipinski definition) is 1. The van der Waals surface area contributed by atoms with Crippen LogP contribution in [0.3, 0.4) is 0 Å². The van der Waals surface area contributed by atoms with Gasteiger partial charge in [0.05, 0.1) is 0 Å². The number of likely N-dealkylation sites (tertiary alicyclic amines) is 1. The average Bonchev–Trinajstić information content (AvgIpc) is 2.60. The van der Waals surface area contributed by atoms with E-state index >= 15 is 0 Å². The molecule has 0 aromatic carbocycles. The van der Waals surface area contributed by atoms with Gasteiger partial charge in [-0.3, -0.25) is 4.90 Å². The summed E-state index contributed by atoms with van der Waals surface area (Å²) in [4.78, 5) is 2.66. The molecule has 100 valence electrons. The highest BCUT2D eigenvalue weighted by Gasteiger charge is 2.25. The van der Waals surface area contributed by atoms with Crippen molar-refractivity contribution in [3.05, 3.63) is 0 Å². The van der Waals surface area contributed by atoms with Crippen molar-refractivity contribution in [1.29, 1.82) is 0 Å². The number of rotatable bonds is 4. The minimum atomic E-state index is 0.804. The fraction of sp³-hybridized carbons (Fsp3) is 1.00. The lowest BCUT2D eigenvalue weighted by atomic mass is 9.87. The summed E-state index contributed by atoms with van der Waals surface area (Å²) in [6.07, 6.45) is 7.03. The van der Waals surface area contributed by atoms with Crippen molar-refractivity contribution in [3.8, 4) is 0 Å². The maximum absolute atomic E-state index is 3.76. The monoisotopic (exact) mass is 238 g/mol. The molecule has 17 heavy (non-hydrogen) atoms. The Hall–Kier alpha value is -0.0800. The minimum absolute atomic E-state index is 0.804. The quantitative estimate of drug-likeness (QED) is 0.810. The maximum Gasteiger partial charge on any atom is 0.0110 e. The second-order valence-electron chi connectivity index (χ2n) is 6.60. The van der Waals surface area contributed by atoms with Crippen molar-refractivity contribution >= 4 is 0 Å². The molecule has 0 radical (unpaired) electrons. The fourth-order valence-corrected chi connectivity index (χ4v) is 3.57.